The quantitative estimate of drug-likeness (QED) is 0.449. The van der Waals surface area contributed by atoms with Crippen molar-refractivity contribution in [2.24, 2.45) is 0 Å². The van der Waals surface area contributed by atoms with Crippen molar-refractivity contribution in [2.45, 2.75) is 24.2 Å². The Morgan fingerprint density at radius 1 is 1.07 bits per heavy atom. The summed E-state index contributed by atoms with van der Waals surface area (Å²) in [5.74, 6) is 1.38. The summed E-state index contributed by atoms with van der Waals surface area (Å²) in [6, 6.07) is 17.9. The molecule has 4 aromatic rings. The van der Waals surface area contributed by atoms with Gasteiger partial charge in [0.1, 0.15) is 5.03 Å². The Balaban J connectivity index is 1.74. The number of benzene rings is 2. The van der Waals surface area contributed by atoms with E-state index in [0.29, 0.717) is 17.4 Å². The molecule has 136 valence electrons. The van der Waals surface area contributed by atoms with Crippen molar-refractivity contribution in [3.63, 3.8) is 0 Å². The number of hydrogen-bond donors (Lipinski definition) is 0. The minimum atomic E-state index is 0.570. The Morgan fingerprint density at radius 3 is 2.67 bits per heavy atom. The molecule has 0 aliphatic heterocycles. The fourth-order valence-electron chi connectivity index (χ4n) is 2.63. The zero-order valence-corrected chi connectivity index (χ0v) is 16.2. The number of halogens is 1. The number of thioether (sulfide) groups is 1. The second-order valence-corrected chi connectivity index (χ2v) is 7.23. The van der Waals surface area contributed by atoms with Crippen LogP contribution < -0.4 is 0 Å². The van der Waals surface area contributed by atoms with Crippen molar-refractivity contribution in [2.75, 3.05) is 0 Å². The number of aromatic nitrogens is 6. The van der Waals surface area contributed by atoms with Gasteiger partial charge in [-0.3, -0.25) is 0 Å². The van der Waals surface area contributed by atoms with Gasteiger partial charge >= 0.3 is 0 Å². The van der Waals surface area contributed by atoms with E-state index in [1.54, 1.807) is 22.8 Å². The lowest BCUT2D eigenvalue weighted by Crippen LogP contribution is -1.99. The van der Waals surface area contributed by atoms with Gasteiger partial charge < -0.3 is 0 Å². The molecule has 2 aromatic carbocycles. The van der Waals surface area contributed by atoms with Crippen LogP contribution in [0.15, 0.2) is 65.8 Å². The third kappa shape index (κ3) is 3.89. The Bertz CT molecular complexity index is 1040. The highest BCUT2D eigenvalue weighted by Crippen LogP contribution is 2.33. The van der Waals surface area contributed by atoms with Gasteiger partial charge in [-0.2, -0.15) is 9.90 Å². The lowest BCUT2D eigenvalue weighted by molar-refractivity contribution is 0.552. The van der Waals surface area contributed by atoms with Crippen LogP contribution in [0.3, 0.4) is 0 Å². The third-order valence-corrected chi connectivity index (χ3v) is 5.35. The Kier molecular flexibility index (Phi) is 5.22. The zero-order valence-electron chi connectivity index (χ0n) is 14.7. The molecule has 4 rings (SSSR count). The summed E-state index contributed by atoms with van der Waals surface area (Å²) < 4.78 is 1.88. The SMILES string of the molecule is CCn1nnc(-c2cnn(-c3cccc(Cl)c3)c2SCc2ccccc2)n1. The number of aryl methyl sites for hydroxylation is 1. The van der Waals surface area contributed by atoms with E-state index in [1.165, 1.54) is 5.56 Å². The van der Waals surface area contributed by atoms with Crippen LogP contribution in [0.1, 0.15) is 12.5 Å². The van der Waals surface area contributed by atoms with Crippen molar-refractivity contribution < 1.29 is 0 Å². The predicted molar refractivity (Wildman–Crippen MR) is 107 cm³/mol. The van der Waals surface area contributed by atoms with Crippen molar-refractivity contribution in [1.82, 2.24) is 30.0 Å². The maximum absolute atomic E-state index is 6.18. The van der Waals surface area contributed by atoms with Crippen molar-refractivity contribution >= 4 is 23.4 Å². The molecule has 0 spiro atoms. The standard InChI is InChI=1S/C19H17ClN6S/c1-2-25-23-18(22-24-25)17-12-21-26(16-10-6-9-15(20)11-16)19(17)27-13-14-7-4-3-5-8-14/h3-12H,2,13H2,1H3. The summed E-state index contributed by atoms with van der Waals surface area (Å²) >= 11 is 7.87. The molecular weight excluding hydrogens is 380 g/mol. The molecule has 0 amide bonds. The lowest BCUT2D eigenvalue weighted by Gasteiger charge is -2.09. The van der Waals surface area contributed by atoms with Gasteiger partial charge in [0.05, 0.1) is 24.0 Å². The summed E-state index contributed by atoms with van der Waals surface area (Å²) in [6.45, 7) is 2.65. The average molecular weight is 397 g/mol. The van der Waals surface area contributed by atoms with Crippen LogP contribution in [0.2, 0.25) is 5.02 Å². The minimum absolute atomic E-state index is 0.570. The van der Waals surface area contributed by atoms with E-state index in [1.807, 2.05) is 54.1 Å². The molecule has 0 radical (unpaired) electrons. The van der Waals surface area contributed by atoms with E-state index in [0.717, 1.165) is 22.0 Å². The second kappa shape index (κ2) is 7.94. The molecule has 0 saturated heterocycles. The first-order chi connectivity index (χ1) is 13.2. The summed E-state index contributed by atoms with van der Waals surface area (Å²) in [4.78, 5) is 1.57. The molecule has 27 heavy (non-hydrogen) atoms. The summed E-state index contributed by atoms with van der Waals surface area (Å²) in [7, 11) is 0. The van der Waals surface area contributed by atoms with Crippen molar-refractivity contribution in [3.8, 4) is 17.1 Å². The van der Waals surface area contributed by atoms with Crippen LogP contribution in [0, 0.1) is 0 Å². The predicted octanol–water partition coefficient (Wildman–Crippen LogP) is 4.49. The molecule has 0 aliphatic carbocycles. The van der Waals surface area contributed by atoms with Gasteiger partial charge in [0.2, 0.25) is 5.82 Å². The Morgan fingerprint density at radius 2 is 1.93 bits per heavy atom. The van der Waals surface area contributed by atoms with Crippen LogP contribution in [0.25, 0.3) is 17.1 Å². The number of tetrazole rings is 1. The smallest absolute Gasteiger partial charge is 0.209 e. The van der Waals surface area contributed by atoms with Gasteiger partial charge in [0.25, 0.3) is 0 Å². The summed E-state index contributed by atoms with van der Waals surface area (Å²) in [6.07, 6.45) is 1.78. The lowest BCUT2D eigenvalue weighted by atomic mass is 10.2. The molecule has 0 unspecified atom stereocenters. The van der Waals surface area contributed by atoms with Gasteiger partial charge in [0, 0.05) is 10.8 Å². The molecule has 2 heterocycles. The first-order valence-electron chi connectivity index (χ1n) is 8.53. The van der Waals surface area contributed by atoms with Gasteiger partial charge in [-0.05, 0) is 35.9 Å². The molecule has 0 aliphatic rings. The molecule has 0 fully saturated rings. The fourth-order valence-corrected chi connectivity index (χ4v) is 3.89. The van der Waals surface area contributed by atoms with Crippen LogP contribution in [-0.2, 0) is 12.3 Å². The van der Waals surface area contributed by atoms with Crippen LogP contribution >= 0.6 is 23.4 Å². The maximum Gasteiger partial charge on any atom is 0.209 e. The molecule has 0 bridgehead atoms. The topological polar surface area (TPSA) is 61.4 Å². The maximum atomic E-state index is 6.18. The van der Waals surface area contributed by atoms with Gasteiger partial charge in [-0.1, -0.05) is 48.0 Å². The Labute approximate surface area is 166 Å². The highest BCUT2D eigenvalue weighted by atomic mass is 35.5. The zero-order chi connectivity index (χ0) is 18.6. The third-order valence-electron chi connectivity index (χ3n) is 3.97. The fraction of sp³-hybridized carbons (Fsp3) is 0.158. The van der Waals surface area contributed by atoms with E-state index in [-0.39, 0.29) is 0 Å². The van der Waals surface area contributed by atoms with Crippen molar-refractivity contribution in [3.05, 3.63) is 71.4 Å². The van der Waals surface area contributed by atoms with Gasteiger partial charge in [0.15, 0.2) is 0 Å². The summed E-state index contributed by atoms with van der Waals surface area (Å²) in [5, 5.41) is 18.9. The molecule has 0 saturated carbocycles. The normalized spacial score (nSPS) is 11.0. The molecular formula is C19H17ClN6S. The highest BCUT2D eigenvalue weighted by Gasteiger charge is 2.18. The first-order valence-corrected chi connectivity index (χ1v) is 9.90. The van der Waals surface area contributed by atoms with E-state index in [2.05, 4.69) is 32.6 Å². The van der Waals surface area contributed by atoms with Gasteiger partial charge in [-0.25, -0.2) is 4.68 Å². The molecule has 0 atom stereocenters. The molecule has 2 aromatic heterocycles. The monoisotopic (exact) mass is 396 g/mol. The van der Waals surface area contributed by atoms with E-state index in [9.17, 15) is 0 Å². The first kappa shape index (κ1) is 17.8. The number of nitrogens with zero attached hydrogens (tertiary/aromatic N) is 6. The molecule has 0 N–H and O–H groups in total. The highest BCUT2D eigenvalue weighted by molar-refractivity contribution is 7.98. The van der Waals surface area contributed by atoms with E-state index < -0.39 is 0 Å². The van der Waals surface area contributed by atoms with Crippen LogP contribution in [0.4, 0.5) is 0 Å². The van der Waals surface area contributed by atoms with E-state index in [4.69, 9.17) is 11.6 Å². The van der Waals surface area contributed by atoms with Crippen LogP contribution in [-0.4, -0.2) is 30.0 Å². The average Bonchev–Trinajstić information content (AvgIpc) is 3.33. The van der Waals surface area contributed by atoms with Gasteiger partial charge in [-0.15, -0.1) is 22.0 Å². The second-order valence-electron chi connectivity index (χ2n) is 5.83. The minimum Gasteiger partial charge on any atom is -0.226 e. The van der Waals surface area contributed by atoms with E-state index >= 15 is 0 Å². The largest absolute Gasteiger partial charge is 0.226 e. The van der Waals surface area contributed by atoms with Crippen LogP contribution in [0.5, 0.6) is 0 Å². The molecule has 8 heteroatoms. The van der Waals surface area contributed by atoms with Crippen molar-refractivity contribution in [1.29, 1.82) is 0 Å². The number of hydrogen-bond acceptors (Lipinski definition) is 5. The molecule has 6 nitrogen and oxygen atoms in total. The number of rotatable bonds is 6. The Hall–Kier alpha value is -2.64. The summed E-state index contributed by atoms with van der Waals surface area (Å²) in [5.41, 5.74) is 2.99.